The molecule has 2 amide bonds. The lowest BCUT2D eigenvalue weighted by Gasteiger charge is -2.34. The predicted octanol–water partition coefficient (Wildman–Crippen LogP) is 1.73. The van der Waals surface area contributed by atoms with Crippen LogP contribution in [0.25, 0.3) is 0 Å². The molecule has 6 atom stereocenters. The van der Waals surface area contributed by atoms with Gasteiger partial charge < -0.3 is 14.4 Å². The molecule has 29 heavy (non-hydrogen) atoms. The standard InChI is InChI=1S/C22H31N3O4/c1-20(2)13-5-7-21(20,3)15(11-13)23-24-18(26)16-14-6-8-22(29-14)12-25(9-10-28-4)19(27)17(16)22/h6,8,13-14,16-17H,5,7,9-12H2,1-4H3,(H,24,26)/b23-15+/t13-,14+,16+,17-,21+,22+/m1/s1. The molecule has 3 heterocycles. The lowest BCUT2D eigenvalue weighted by molar-refractivity contribution is -0.137. The van der Waals surface area contributed by atoms with E-state index >= 15 is 0 Å². The summed E-state index contributed by atoms with van der Waals surface area (Å²) in [6.07, 6.45) is 6.86. The van der Waals surface area contributed by atoms with Crippen molar-refractivity contribution in [1.29, 1.82) is 0 Å². The second-order valence-corrected chi connectivity index (χ2v) is 10.2. The van der Waals surface area contributed by atoms with Crippen LogP contribution in [0.3, 0.4) is 0 Å². The zero-order chi connectivity index (χ0) is 20.6. The summed E-state index contributed by atoms with van der Waals surface area (Å²) in [6.45, 7) is 8.39. The average molecular weight is 402 g/mol. The number of ether oxygens (including phenoxy) is 2. The minimum atomic E-state index is -0.676. The molecule has 158 valence electrons. The summed E-state index contributed by atoms with van der Waals surface area (Å²) in [5.74, 6) is -0.587. The number of hydrogen-bond donors (Lipinski definition) is 1. The number of amides is 2. The molecule has 0 aromatic rings. The van der Waals surface area contributed by atoms with Crippen molar-refractivity contribution in [2.24, 2.45) is 33.7 Å². The van der Waals surface area contributed by atoms with E-state index in [1.165, 1.54) is 6.42 Å². The molecule has 0 aromatic carbocycles. The van der Waals surface area contributed by atoms with Crippen molar-refractivity contribution in [3.63, 3.8) is 0 Å². The highest BCUT2D eigenvalue weighted by atomic mass is 16.5. The third-order valence-electron chi connectivity index (χ3n) is 8.86. The summed E-state index contributed by atoms with van der Waals surface area (Å²) in [4.78, 5) is 27.9. The number of nitrogens with one attached hydrogen (secondary N) is 1. The van der Waals surface area contributed by atoms with E-state index < -0.39 is 17.4 Å². The van der Waals surface area contributed by atoms with Gasteiger partial charge in [-0.25, -0.2) is 5.43 Å². The summed E-state index contributed by atoms with van der Waals surface area (Å²) < 4.78 is 11.3. The van der Waals surface area contributed by atoms with Crippen molar-refractivity contribution in [2.45, 2.75) is 51.7 Å². The first-order chi connectivity index (χ1) is 13.7. The first kappa shape index (κ1) is 19.2. The fraction of sp³-hybridized carbons (Fsp3) is 0.773. The van der Waals surface area contributed by atoms with Crippen molar-refractivity contribution < 1.29 is 19.1 Å². The van der Waals surface area contributed by atoms with Crippen LogP contribution in [0.5, 0.6) is 0 Å². The van der Waals surface area contributed by atoms with Crippen LogP contribution in [0, 0.1) is 28.6 Å². The smallest absolute Gasteiger partial charge is 0.247 e. The highest BCUT2D eigenvalue weighted by molar-refractivity contribution is 5.96. The zero-order valence-electron chi connectivity index (χ0n) is 17.7. The van der Waals surface area contributed by atoms with Gasteiger partial charge >= 0.3 is 0 Å². The Kier molecular flexibility index (Phi) is 4.07. The summed E-state index contributed by atoms with van der Waals surface area (Å²) in [6, 6.07) is 0. The molecule has 1 N–H and O–H groups in total. The molecule has 4 fully saturated rings. The molecule has 2 saturated heterocycles. The Morgan fingerprint density at radius 3 is 2.86 bits per heavy atom. The summed E-state index contributed by atoms with van der Waals surface area (Å²) in [7, 11) is 1.62. The van der Waals surface area contributed by atoms with Crippen LogP contribution in [-0.4, -0.2) is 60.9 Å². The zero-order valence-corrected chi connectivity index (χ0v) is 17.7. The van der Waals surface area contributed by atoms with E-state index in [0.29, 0.717) is 25.6 Å². The molecule has 7 nitrogen and oxygen atoms in total. The Labute approximate surface area is 171 Å². The number of carbonyl (C=O) groups is 2. The quantitative estimate of drug-likeness (QED) is 0.562. The first-order valence-corrected chi connectivity index (χ1v) is 10.8. The van der Waals surface area contributed by atoms with Crippen LogP contribution in [0.15, 0.2) is 17.3 Å². The van der Waals surface area contributed by atoms with Crippen molar-refractivity contribution >= 4 is 17.5 Å². The molecule has 7 heteroatoms. The number of likely N-dealkylation sites (tertiary alicyclic amines) is 1. The van der Waals surface area contributed by atoms with Gasteiger partial charge in [-0.1, -0.05) is 32.9 Å². The molecule has 5 rings (SSSR count). The molecular weight excluding hydrogens is 370 g/mol. The van der Waals surface area contributed by atoms with E-state index in [-0.39, 0.29) is 28.7 Å². The Morgan fingerprint density at radius 1 is 1.41 bits per heavy atom. The average Bonchev–Trinajstić information content (AvgIpc) is 3.41. The van der Waals surface area contributed by atoms with Crippen molar-refractivity contribution in [3.8, 4) is 0 Å². The van der Waals surface area contributed by atoms with Gasteiger partial charge in [0, 0.05) is 24.8 Å². The largest absolute Gasteiger partial charge is 0.383 e. The fourth-order valence-electron chi connectivity index (χ4n) is 6.56. The van der Waals surface area contributed by atoms with Gasteiger partial charge in [-0.3, -0.25) is 9.59 Å². The van der Waals surface area contributed by atoms with Gasteiger partial charge in [0.25, 0.3) is 0 Å². The van der Waals surface area contributed by atoms with E-state index in [4.69, 9.17) is 9.47 Å². The van der Waals surface area contributed by atoms with Crippen LogP contribution >= 0.6 is 0 Å². The summed E-state index contributed by atoms with van der Waals surface area (Å²) in [5, 5.41) is 4.60. The molecule has 0 unspecified atom stereocenters. The summed E-state index contributed by atoms with van der Waals surface area (Å²) in [5.41, 5.74) is 3.50. The minimum Gasteiger partial charge on any atom is -0.383 e. The Bertz CT molecular complexity index is 821. The third kappa shape index (κ3) is 2.40. The van der Waals surface area contributed by atoms with E-state index in [0.717, 1.165) is 18.6 Å². The molecular formula is C22H31N3O4. The molecule has 4 bridgehead atoms. The number of carbonyl (C=O) groups excluding carboxylic acids is 2. The second-order valence-electron chi connectivity index (χ2n) is 10.2. The number of nitrogens with zero attached hydrogens (tertiary/aromatic N) is 2. The van der Waals surface area contributed by atoms with Crippen LogP contribution in [0.1, 0.15) is 40.0 Å². The molecule has 5 aliphatic rings. The van der Waals surface area contributed by atoms with E-state index in [9.17, 15) is 9.59 Å². The second kappa shape index (κ2) is 6.14. The highest BCUT2D eigenvalue weighted by Crippen LogP contribution is 2.64. The maximum atomic E-state index is 13.1. The van der Waals surface area contributed by atoms with Crippen molar-refractivity contribution in [1.82, 2.24) is 10.3 Å². The predicted molar refractivity (Wildman–Crippen MR) is 107 cm³/mol. The Hall–Kier alpha value is -1.73. The van der Waals surface area contributed by atoms with E-state index in [1.807, 2.05) is 12.2 Å². The lowest BCUT2D eigenvalue weighted by Crippen LogP contribution is -2.43. The van der Waals surface area contributed by atoms with Crippen LogP contribution < -0.4 is 5.43 Å². The van der Waals surface area contributed by atoms with Gasteiger partial charge in [0.2, 0.25) is 11.8 Å². The molecule has 3 aliphatic heterocycles. The van der Waals surface area contributed by atoms with Gasteiger partial charge in [-0.2, -0.15) is 5.10 Å². The molecule has 2 saturated carbocycles. The van der Waals surface area contributed by atoms with Crippen molar-refractivity contribution in [3.05, 3.63) is 12.2 Å². The Morgan fingerprint density at radius 2 is 2.21 bits per heavy atom. The highest BCUT2D eigenvalue weighted by Gasteiger charge is 2.67. The Balaban J connectivity index is 1.34. The van der Waals surface area contributed by atoms with E-state index in [1.54, 1.807) is 12.0 Å². The third-order valence-corrected chi connectivity index (χ3v) is 8.86. The minimum absolute atomic E-state index is 0.0188. The number of hydrazone groups is 1. The number of fused-ring (bicyclic) bond motifs is 3. The van der Waals surface area contributed by atoms with Gasteiger partial charge in [0.1, 0.15) is 5.60 Å². The van der Waals surface area contributed by atoms with Crippen LogP contribution in [0.4, 0.5) is 0 Å². The van der Waals surface area contributed by atoms with Crippen LogP contribution in [0.2, 0.25) is 0 Å². The van der Waals surface area contributed by atoms with Gasteiger partial charge in [-0.15, -0.1) is 0 Å². The number of hydrogen-bond acceptors (Lipinski definition) is 5. The van der Waals surface area contributed by atoms with Gasteiger partial charge in [0.15, 0.2) is 0 Å². The first-order valence-electron chi connectivity index (χ1n) is 10.8. The number of rotatable bonds is 5. The van der Waals surface area contributed by atoms with Crippen molar-refractivity contribution in [2.75, 3.05) is 26.8 Å². The molecule has 0 radical (unpaired) electrons. The van der Waals surface area contributed by atoms with Gasteiger partial charge in [0.05, 0.1) is 31.1 Å². The summed E-state index contributed by atoms with van der Waals surface area (Å²) >= 11 is 0. The topological polar surface area (TPSA) is 80.2 Å². The maximum absolute atomic E-state index is 13.1. The monoisotopic (exact) mass is 401 g/mol. The normalized spacial score (nSPS) is 44.9. The van der Waals surface area contributed by atoms with E-state index in [2.05, 4.69) is 31.3 Å². The molecule has 0 aromatic heterocycles. The fourth-order valence-corrected chi connectivity index (χ4v) is 6.56. The maximum Gasteiger partial charge on any atom is 0.247 e. The molecule has 2 aliphatic carbocycles. The lowest BCUT2D eigenvalue weighted by atomic mass is 9.70. The number of methoxy groups -OCH3 is 1. The van der Waals surface area contributed by atoms with Crippen LogP contribution in [-0.2, 0) is 19.1 Å². The molecule has 1 spiro atoms. The SMILES string of the molecule is COCCN1C[C@]23C=C[C@H](O2)[C@H](C(=O)N/N=C2\C[C@H]4CC[C@]2(C)C4(C)C)[C@@H]3C1=O. The van der Waals surface area contributed by atoms with Gasteiger partial charge in [-0.05, 0) is 30.6 Å².